The first kappa shape index (κ1) is 34.4. The molecule has 0 amide bonds. The number of para-hydroxylation sites is 1. The summed E-state index contributed by atoms with van der Waals surface area (Å²) in [5.41, 5.74) is 17.8. The van der Waals surface area contributed by atoms with Crippen molar-refractivity contribution in [3.05, 3.63) is 162 Å². The van der Waals surface area contributed by atoms with E-state index in [0.29, 0.717) is 11.3 Å². The Morgan fingerprint density at radius 3 is 1.84 bits per heavy atom. The first-order chi connectivity index (χ1) is 27.4. The maximum atomic E-state index is 2.56. The molecule has 0 unspecified atom stereocenters. The number of fused-ring (bicyclic) bond motifs is 3. The second-order valence-corrected chi connectivity index (χ2v) is 19.0. The molecule has 0 aliphatic heterocycles. The first-order valence-corrected chi connectivity index (χ1v) is 21.9. The van der Waals surface area contributed by atoms with E-state index in [4.69, 9.17) is 0 Å². The van der Waals surface area contributed by atoms with Crippen LogP contribution < -0.4 is 4.90 Å². The average molecular weight is 730 g/mol. The van der Waals surface area contributed by atoms with Gasteiger partial charge in [0.05, 0.1) is 5.69 Å². The lowest BCUT2D eigenvalue weighted by Crippen LogP contribution is -2.48. The van der Waals surface area contributed by atoms with Crippen molar-refractivity contribution in [2.75, 3.05) is 4.90 Å². The molecule has 1 nitrogen and oxygen atoms in total. The number of benzene rings is 6. The van der Waals surface area contributed by atoms with Gasteiger partial charge in [0.15, 0.2) is 0 Å². The van der Waals surface area contributed by atoms with Gasteiger partial charge in [0.2, 0.25) is 0 Å². The molecule has 56 heavy (non-hydrogen) atoms. The zero-order valence-corrected chi connectivity index (χ0v) is 33.3. The first-order valence-electron chi connectivity index (χ1n) is 21.9. The lowest BCUT2D eigenvalue weighted by atomic mass is 9.48. The summed E-state index contributed by atoms with van der Waals surface area (Å²) in [7, 11) is 0. The molecule has 0 heterocycles. The van der Waals surface area contributed by atoms with E-state index >= 15 is 0 Å². The lowest BCUT2D eigenvalue weighted by molar-refractivity contribution is -0.00518. The van der Waals surface area contributed by atoms with Crippen LogP contribution in [0.4, 0.5) is 17.1 Å². The molecule has 12 rings (SSSR count). The summed E-state index contributed by atoms with van der Waals surface area (Å²) in [6.07, 6.45) is 15.4. The summed E-state index contributed by atoms with van der Waals surface area (Å²) in [6.45, 7) is 4.84. The molecule has 6 aromatic rings. The van der Waals surface area contributed by atoms with Crippen molar-refractivity contribution in [3.63, 3.8) is 0 Å². The van der Waals surface area contributed by atoms with Crippen molar-refractivity contribution in [1.29, 1.82) is 0 Å². The lowest BCUT2D eigenvalue weighted by Gasteiger charge is -2.57. The predicted octanol–water partition coefficient (Wildman–Crippen LogP) is 15.3. The monoisotopic (exact) mass is 729 g/mol. The fraction of sp³-hybridized carbons (Fsp3) is 0.345. The van der Waals surface area contributed by atoms with Crippen molar-refractivity contribution in [2.24, 2.45) is 17.8 Å². The van der Waals surface area contributed by atoms with Gasteiger partial charge in [-0.1, -0.05) is 142 Å². The zero-order chi connectivity index (χ0) is 37.4. The highest BCUT2D eigenvalue weighted by Crippen LogP contribution is 2.61. The fourth-order valence-corrected chi connectivity index (χ4v) is 12.9. The van der Waals surface area contributed by atoms with Gasteiger partial charge in [-0.3, -0.25) is 0 Å². The van der Waals surface area contributed by atoms with Crippen LogP contribution in [-0.4, -0.2) is 0 Å². The summed E-state index contributed by atoms with van der Waals surface area (Å²) in [5, 5.41) is 0. The van der Waals surface area contributed by atoms with E-state index in [9.17, 15) is 0 Å². The number of rotatable bonds is 7. The van der Waals surface area contributed by atoms with Gasteiger partial charge in [-0.05, 0) is 161 Å². The predicted molar refractivity (Wildman–Crippen MR) is 235 cm³/mol. The molecule has 1 heteroatoms. The molecule has 0 radical (unpaired) electrons. The van der Waals surface area contributed by atoms with Crippen molar-refractivity contribution in [2.45, 2.75) is 101 Å². The molecule has 6 aliphatic rings. The Kier molecular flexibility index (Phi) is 8.20. The minimum Gasteiger partial charge on any atom is -0.310 e. The molecule has 0 aromatic heterocycles. The summed E-state index contributed by atoms with van der Waals surface area (Å²) in [6, 6.07) is 53.9. The quantitative estimate of drug-likeness (QED) is 0.158. The van der Waals surface area contributed by atoms with Gasteiger partial charge < -0.3 is 4.90 Å². The van der Waals surface area contributed by atoms with Crippen LogP contribution in [0.15, 0.2) is 140 Å². The maximum Gasteiger partial charge on any atom is 0.0540 e. The smallest absolute Gasteiger partial charge is 0.0540 e. The normalized spacial score (nSPS) is 24.5. The molecular weight excluding hydrogens is 675 g/mol. The van der Waals surface area contributed by atoms with Crippen molar-refractivity contribution in [3.8, 4) is 33.4 Å². The van der Waals surface area contributed by atoms with Crippen LogP contribution >= 0.6 is 0 Å². The fourth-order valence-electron chi connectivity index (χ4n) is 12.9. The summed E-state index contributed by atoms with van der Waals surface area (Å²) in [5.74, 6) is 3.53. The Morgan fingerprint density at radius 1 is 0.500 bits per heavy atom. The number of hydrogen-bond acceptors (Lipinski definition) is 1. The highest BCUT2D eigenvalue weighted by molar-refractivity contribution is 5.95. The second kappa shape index (κ2) is 13.4. The van der Waals surface area contributed by atoms with E-state index in [1.807, 2.05) is 0 Å². The largest absolute Gasteiger partial charge is 0.310 e. The Hall–Kier alpha value is -4.88. The molecular formula is C55H55N. The molecule has 5 fully saturated rings. The number of anilines is 3. The van der Waals surface area contributed by atoms with Crippen LogP contribution in [0.25, 0.3) is 33.4 Å². The van der Waals surface area contributed by atoms with E-state index in [1.54, 1.807) is 5.56 Å². The third-order valence-corrected chi connectivity index (χ3v) is 15.2. The number of nitrogens with zero attached hydrogens (tertiary/aromatic N) is 1. The van der Waals surface area contributed by atoms with Crippen LogP contribution in [0.1, 0.15) is 113 Å². The third kappa shape index (κ3) is 5.63. The highest BCUT2D eigenvalue weighted by atomic mass is 15.1. The zero-order valence-electron chi connectivity index (χ0n) is 33.3. The molecule has 0 saturated heterocycles. The van der Waals surface area contributed by atoms with E-state index < -0.39 is 0 Å². The topological polar surface area (TPSA) is 3.24 Å². The van der Waals surface area contributed by atoms with Crippen molar-refractivity contribution in [1.82, 2.24) is 0 Å². The average Bonchev–Trinajstić information content (AvgIpc) is 3.47. The molecule has 280 valence electrons. The van der Waals surface area contributed by atoms with Crippen LogP contribution in [-0.2, 0) is 10.8 Å². The molecule has 5 saturated carbocycles. The highest BCUT2D eigenvalue weighted by Gasteiger charge is 2.51. The molecule has 0 atom stereocenters. The standard InChI is InChI=1S/C55H55N/c1-54(2)50-18-11-17-48(42-14-7-4-8-15-42)53(50)49-29-28-46(33-51(49)54)56(45-26-24-44(25-27-45)55-34-37-30-38(35-55)32-39(31-37)36-55)52-19-10-9-16-47(52)43-22-20-41(21-23-43)40-12-5-3-6-13-40/h4,7-11,14-29,33,37-40H,3,5-6,12-13,30-32,34-36H2,1-2H3. The number of hydrogen-bond donors (Lipinski definition) is 0. The van der Waals surface area contributed by atoms with Crippen molar-refractivity contribution < 1.29 is 0 Å². The van der Waals surface area contributed by atoms with Crippen LogP contribution in [0.5, 0.6) is 0 Å². The van der Waals surface area contributed by atoms with E-state index in [0.717, 1.165) is 17.8 Å². The van der Waals surface area contributed by atoms with Gasteiger partial charge in [-0.25, -0.2) is 0 Å². The Labute approximate surface area is 334 Å². The third-order valence-electron chi connectivity index (χ3n) is 15.2. The Bertz CT molecular complexity index is 2360. The van der Waals surface area contributed by atoms with Gasteiger partial charge in [0, 0.05) is 22.4 Å². The van der Waals surface area contributed by atoms with E-state index in [1.165, 1.54) is 138 Å². The molecule has 6 aliphatic carbocycles. The SMILES string of the molecule is CC1(C)c2cc(N(c3ccc(C45CC6CC(CC(C6)C4)C5)cc3)c3ccccc3-c3ccc(C4CCCCC4)cc3)ccc2-c2c(-c3ccccc3)cccc21. The van der Waals surface area contributed by atoms with Gasteiger partial charge >= 0.3 is 0 Å². The van der Waals surface area contributed by atoms with Crippen LogP contribution in [0.3, 0.4) is 0 Å². The van der Waals surface area contributed by atoms with Gasteiger partial charge in [-0.15, -0.1) is 0 Å². The summed E-state index contributed by atoms with van der Waals surface area (Å²) < 4.78 is 0. The van der Waals surface area contributed by atoms with Gasteiger partial charge in [-0.2, -0.15) is 0 Å². The maximum absolute atomic E-state index is 2.56. The molecule has 0 N–H and O–H groups in total. The second-order valence-electron chi connectivity index (χ2n) is 19.0. The van der Waals surface area contributed by atoms with E-state index in [2.05, 4.69) is 158 Å². The van der Waals surface area contributed by atoms with Crippen LogP contribution in [0, 0.1) is 17.8 Å². The summed E-state index contributed by atoms with van der Waals surface area (Å²) >= 11 is 0. The molecule has 4 bridgehead atoms. The Balaban J connectivity index is 1.03. The van der Waals surface area contributed by atoms with Crippen molar-refractivity contribution >= 4 is 17.1 Å². The minimum absolute atomic E-state index is 0.131. The van der Waals surface area contributed by atoms with Crippen LogP contribution in [0.2, 0.25) is 0 Å². The van der Waals surface area contributed by atoms with Gasteiger partial charge in [0.25, 0.3) is 0 Å². The minimum atomic E-state index is -0.131. The molecule has 6 aromatic carbocycles. The molecule has 0 spiro atoms. The van der Waals surface area contributed by atoms with Gasteiger partial charge in [0.1, 0.15) is 0 Å². The summed E-state index contributed by atoms with van der Waals surface area (Å²) in [4.78, 5) is 2.56. The van der Waals surface area contributed by atoms with E-state index in [-0.39, 0.29) is 5.41 Å². The Morgan fingerprint density at radius 2 is 1.12 bits per heavy atom.